The van der Waals surface area contributed by atoms with Crippen molar-refractivity contribution in [1.29, 1.82) is 0 Å². The number of ether oxygens (including phenoxy) is 2. The number of imide groups is 2. The predicted molar refractivity (Wildman–Crippen MR) is 281 cm³/mol. The Hall–Kier alpha value is -7.71. The minimum absolute atomic E-state index is 0. The number of benzene rings is 7. The van der Waals surface area contributed by atoms with Crippen LogP contribution in [0.3, 0.4) is 0 Å². The molecular weight excluding hydrogens is 1080 g/mol. The zero-order valence-electron chi connectivity index (χ0n) is 41.6. The third-order valence-electron chi connectivity index (χ3n) is 13.3. The van der Waals surface area contributed by atoms with E-state index in [1.54, 1.807) is 62.8 Å². The smallest absolute Gasteiger partial charge is 0.497 e. The van der Waals surface area contributed by atoms with E-state index in [0.29, 0.717) is 39.7 Å². The van der Waals surface area contributed by atoms with Gasteiger partial charge in [0.25, 0.3) is 23.6 Å². The third kappa shape index (κ3) is 10.1. The predicted octanol–water partition coefficient (Wildman–Crippen LogP) is 13.5. The van der Waals surface area contributed by atoms with Crippen molar-refractivity contribution in [3.05, 3.63) is 190 Å². The van der Waals surface area contributed by atoms with Crippen molar-refractivity contribution in [2.45, 2.75) is 73.1 Å². The Bertz CT molecular complexity index is 3150. The number of methoxy groups -OCH3 is 2. The van der Waals surface area contributed by atoms with Crippen molar-refractivity contribution in [2.75, 3.05) is 30.6 Å². The molecule has 2 aliphatic heterocycles. The van der Waals surface area contributed by atoms with E-state index in [4.69, 9.17) is 22.3 Å². The van der Waals surface area contributed by atoms with E-state index >= 15 is 0 Å². The zero-order valence-corrected chi connectivity index (χ0v) is 43.9. The molecule has 364 valence electrons. The van der Waals surface area contributed by atoms with E-state index in [1.807, 2.05) is 36.4 Å². The standard InChI is InChI=1S/C32H30NO2.C30H25N2O4.Pt/c1-8-25-17-21(2)31(22(3)18-25)32-23(4)19-28(20-24(32)5)33(26-9-13-29(34-6)14-10-26)27-11-15-30(35-7)16-12-27;1-3-5-6-7-8-9-18-31-27(33)21-14-16-23-26-24(17-15-22(25(21)26)28(31)34)30(36)32(29(23)35)20-12-10-19(4-2)11-13-20;/h9-20H,2-7H3;10-17H,3,5-9,18H2,1H3;/q2*-1;+2. The Morgan fingerprint density at radius 1 is 0.486 bits per heavy atom. The van der Waals surface area contributed by atoms with Crippen LogP contribution in [0, 0.1) is 52.4 Å². The van der Waals surface area contributed by atoms with Crippen molar-refractivity contribution in [2.24, 2.45) is 0 Å². The van der Waals surface area contributed by atoms with Crippen molar-refractivity contribution in [3.63, 3.8) is 0 Å². The third-order valence-corrected chi connectivity index (χ3v) is 13.3. The fourth-order valence-electron chi connectivity index (χ4n) is 9.91. The van der Waals surface area contributed by atoms with Crippen LogP contribution < -0.4 is 19.3 Å². The quantitative estimate of drug-likeness (QED) is 0.0463. The van der Waals surface area contributed by atoms with Crippen LogP contribution in [0.1, 0.15) is 120 Å². The first-order valence-corrected chi connectivity index (χ1v) is 23.9. The van der Waals surface area contributed by atoms with Gasteiger partial charge in [0.2, 0.25) is 0 Å². The second-order valence-corrected chi connectivity index (χ2v) is 18.0. The number of carbonyl (C=O) groups is 4. The number of anilines is 4. The van der Waals surface area contributed by atoms with Gasteiger partial charge in [-0.3, -0.25) is 35.9 Å². The summed E-state index contributed by atoms with van der Waals surface area (Å²) < 4.78 is 10.8. The first-order valence-electron chi connectivity index (χ1n) is 23.9. The molecule has 0 spiro atoms. The molecule has 0 N–H and O–H groups in total. The van der Waals surface area contributed by atoms with Crippen LogP contribution in [0.5, 0.6) is 11.5 Å². The van der Waals surface area contributed by atoms with Gasteiger partial charge in [0, 0.05) is 62.3 Å². The molecule has 0 atom stereocenters. The molecule has 4 amide bonds. The monoisotopic (exact) mass is 1130 g/mol. The van der Waals surface area contributed by atoms with Crippen LogP contribution >= 0.6 is 0 Å². The normalized spacial score (nSPS) is 12.4. The van der Waals surface area contributed by atoms with Gasteiger partial charge < -0.3 is 27.2 Å². The summed E-state index contributed by atoms with van der Waals surface area (Å²) in [6.45, 7) is 11.1. The van der Waals surface area contributed by atoms with Crippen molar-refractivity contribution in [3.8, 4) is 34.5 Å². The number of unbranched alkanes of at least 4 members (excludes halogenated alkanes) is 5. The molecule has 0 fully saturated rings. The summed E-state index contributed by atoms with van der Waals surface area (Å²) in [7, 11) is 3.36. The topological polar surface area (TPSA) is 96.5 Å². The Morgan fingerprint density at radius 2 is 0.889 bits per heavy atom. The summed E-state index contributed by atoms with van der Waals surface area (Å²) in [5.74, 6) is 4.63. The summed E-state index contributed by atoms with van der Waals surface area (Å²) in [4.78, 5) is 58.2. The number of aryl methyl sites for hydroxylation is 4. The molecule has 0 saturated heterocycles. The largest absolute Gasteiger partial charge is 2.00 e. The van der Waals surface area contributed by atoms with E-state index in [9.17, 15) is 19.2 Å². The Balaban J connectivity index is 0.000000208. The van der Waals surface area contributed by atoms with Gasteiger partial charge in [0.15, 0.2) is 0 Å². The molecule has 0 bridgehead atoms. The van der Waals surface area contributed by atoms with Gasteiger partial charge in [0.05, 0.1) is 14.2 Å². The second kappa shape index (κ2) is 22.6. The Kier molecular flexibility index (Phi) is 16.3. The molecule has 7 aromatic carbocycles. The van der Waals surface area contributed by atoms with E-state index < -0.39 is 11.8 Å². The number of hydrogen-bond donors (Lipinski definition) is 0. The van der Waals surface area contributed by atoms with Gasteiger partial charge in [-0.1, -0.05) is 62.3 Å². The van der Waals surface area contributed by atoms with Crippen LogP contribution in [0.4, 0.5) is 22.7 Å². The average Bonchev–Trinajstić information content (AvgIpc) is 3.38. The Labute approximate surface area is 437 Å². The van der Waals surface area contributed by atoms with Crippen molar-refractivity contribution < 1.29 is 49.7 Å². The number of amides is 4. The molecule has 10 heteroatoms. The van der Waals surface area contributed by atoms with Crippen LogP contribution in [0.2, 0.25) is 0 Å². The van der Waals surface area contributed by atoms with Gasteiger partial charge in [-0.05, 0) is 141 Å². The fraction of sp³-hybridized carbons (Fsp3) is 0.226. The molecule has 0 saturated carbocycles. The van der Waals surface area contributed by atoms with Gasteiger partial charge in [-0.15, -0.1) is 35.4 Å². The van der Waals surface area contributed by atoms with Crippen LogP contribution in [-0.4, -0.2) is 49.3 Å². The second-order valence-electron chi connectivity index (χ2n) is 18.0. The van der Waals surface area contributed by atoms with Gasteiger partial charge in [0.1, 0.15) is 11.5 Å². The summed E-state index contributed by atoms with van der Waals surface area (Å²) in [6, 6.07) is 37.5. The molecule has 9 nitrogen and oxygen atoms in total. The molecule has 9 rings (SSSR count). The summed E-state index contributed by atoms with van der Waals surface area (Å²) >= 11 is 0. The summed E-state index contributed by atoms with van der Waals surface area (Å²) in [5.41, 5.74) is 13.3. The molecular formula is C62H55N3O6Pt. The molecule has 0 aromatic heterocycles. The van der Waals surface area contributed by atoms with Gasteiger partial charge >= 0.3 is 21.1 Å². The summed E-state index contributed by atoms with van der Waals surface area (Å²) in [6.07, 6.45) is 21.0. The van der Waals surface area contributed by atoms with E-state index in [-0.39, 0.29) is 44.0 Å². The maximum absolute atomic E-state index is 13.4. The zero-order chi connectivity index (χ0) is 50.5. The van der Waals surface area contributed by atoms with Crippen molar-refractivity contribution in [1.82, 2.24) is 4.90 Å². The molecule has 0 radical (unpaired) electrons. The summed E-state index contributed by atoms with van der Waals surface area (Å²) in [5, 5.41) is 0.746. The molecule has 0 unspecified atom stereocenters. The van der Waals surface area contributed by atoms with E-state index in [1.165, 1.54) is 33.6 Å². The molecule has 72 heavy (non-hydrogen) atoms. The number of hydrogen-bond acceptors (Lipinski definition) is 7. The maximum atomic E-state index is 13.4. The Morgan fingerprint density at radius 3 is 1.31 bits per heavy atom. The fourth-order valence-corrected chi connectivity index (χ4v) is 9.91. The van der Waals surface area contributed by atoms with Crippen molar-refractivity contribution >= 4 is 57.2 Å². The van der Waals surface area contributed by atoms with Crippen LogP contribution in [-0.2, 0) is 21.1 Å². The molecule has 2 heterocycles. The minimum atomic E-state index is -0.516. The first-order chi connectivity index (χ1) is 34.3. The van der Waals surface area contributed by atoms with Crippen LogP contribution in [0.25, 0.3) is 21.9 Å². The van der Waals surface area contributed by atoms with Gasteiger partial charge in [-0.25, -0.2) is 4.90 Å². The molecule has 2 aliphatic rings. The number of rotatable bonds is 14. The first kappa shape index (κ1) is 52.1. The van der Waals surface area contributed by atoms with E-state index in [2.05, 4.69) is 87.8 Å². The van der Waals surface area contributed by atoms with E-state index in [0.717, 1.165) is 82.3 Å². The van der Waals surface area contributed by atoms with Crippen LogP contribution in [0.15, 0.2) is 121 Å². The number of carbonyl (C=O) groups excluding carboxylic acids is 4. The molecule has 7 aromatic rings. The average molecular weight is 1130 g/mol. The van der Waals surface area contributed by atoms with Gasteiger partial charge in [-0.2, -0.15) is 0 Å². The minimum Gasteiger partial charge on any atom is -0.497 e. The SMILES string of the molecule is [C-]#Cc1cc(C)c(-c2c(C)cc(N(c3ccc(OC)cc3)c3ccc(OC)cc3)cc2C)c(C)c1.[C-]#Cc1ccc(N2C(=O)c3ccc4c5c(ccc(c35)C2=O)C(=O)N(CCCCCCCC)C4=O)cc1.[Pt+2]. The number of nitrogens with zero attached hydrogens (tertiary/aromatic N) is 3. The maximum Gasteiger partial charge on any atom is 2.00 e. The molecule has 0 aliphatic carbocycles.